The van der Waals surface area contributed by atoms with Crippen molar-refractivity contribution in [3.8, 4) is 0 Å². The standard InChI is InChI=1S/C11H19N3O5/c1-11(2,5-8(15)16)13-10(18)14-3-4-19-6-7(14)9(12)17/h7H,3-6H2,1-2H3,(H2,12,17)(H,13,18)(H,15,16). The van der Waals surface area contributed by atoms with E-state index >= 15 is 0 Å². The van der Waals surface area contributed by atoms with Gasteiger partial charge in [0.15, 0.2) is 0 Å². The minimum absolute atomic E-state index is 0.0577. The minimum Gasteiger partial charge on any atom is -0.481 e. The van der Waals surface area contributed by atoms with Gasteiger partial charge >= 0.3 is 12.0 Å². The summed E-state index contributed by atoms with van der Waals surface area (Å²) in [5.41, 5.74) is 4.29. The van der Waals surface area contributed by atoms with E-state index in [0.29, 0.717) is 6.61 Å². The van der Waals surface area contributed by atoms with Crippen LogP contribution in [-0.2, 0) is 14.3 Å². The molecule has 8 nitrogen and oxygen atoms in total. The minimum atomic E-state index is -1.02. The highest BCUT2D eigenvalue weighted by molar-refractivity contribution is 5.86. The van der Waals surface area contributed by atoms with Gasteiger partial charge in [0.1, 0.15) is 6.04 Å². The maximum Gasteiger partial charge on any atom is 0.318 e. The first-order valence-electron chi connectivity index (χ1n) is 5.90. The Hall–Kier alpha value is -1.83. The van der Waals surface area contributed by atoms with Crippen molar-refractivity contribution < 1.29 is 24.2 Å². The topological polar surface area (TPSA) is 122 Å². The second-order valence-corrected chi connectivity index (χ2v) is 5.07. The number of carbonyl (C=O) groups is 3. The van der Waals surface area contributed by atoms with Crippen LogP contribution >= 0.6 is 0 Å². The molecule has 108 valence electrons. The molecule has 1 rings (SSSR count). The molecule has 0 radical (unpaired) electrons. The van der Waals surface area contributed by atoms with E-state index in [1.165, 1.54) is 4.90 Å². The second-order valence-electron chi connectivity index (χ2n) is 5.07. The van der Waals surface area contributed by atoms with Gasteiger partial charge in [-0.3, -0.25) is 9.59 Å². The van der Waals surface area contributed by atoms with Gasteiger partial charge in [0.05, 0.1) is 19.6 Å². The summed E-state index contributed by atoms with van der Waals surface area (Å²) >= 11 is 0. The fraction of sp³-hybridized carbons (Fsp3) is 0.727. The van der Waals surface area contributed by atoms with Crippen molar-refractivity contribution in [3.05, 3.63) is 0 Å². The van der Waals surface area contributed by atoms with Crippen molar-refractivity contribution in [2.75, 3.05) is 19.8 Å². The Morgan fingerprint density at radius 3 is 2.63 bits per heavy atom. The molecule has 0 bridgehead atoms. The fourth-order valence-corrected chi connectivity index (χ4v) is 1.87. The van der Waals surface area contributed by atoms with Gasteiger partial charge in [-0.15, -0.1) is 0 Å². The van der Waals surface area contributed by atoms with Crippen LogP contribution in [0, 0.1) is 0 Å². The lowest BCUT2D eigenvalue weighted by Gasteiger charge is -2.36. The lowest BCUT2D eigenvalue weighted by Crippen LogP contribution is -2.60. The SMILES string of the molecule is CC(C)(CC(=O)O)NC(=O)N1CCOCC1C(N)=O. The number of amides is 3. The van der Waals surface area contributed by atoms with E-state index in [9.17, 15) is 14.4 Å². The molecule has 1 atom stereocenters. The summed E-state index contributed by atoms with van der Waals surface area (Å²) in [7, 11) is 0. The first kappa shape index (κ1) is 15.2. The summed E-state index contributed by atoms with van der Waals surface area (Å²) in [5.74, 6) is -1.66. The monoisotopic (exact) mass is 273 g/mol. The van der Waals surface area contributed by atoms with Crippen molar-refractivity contribution in [1.29, 1.82) is 0 Å². The van der Waals surface area contributed by atoms with E-state index in [0.717, 1.165) is 0 Å². The molecule has 1 unspecified atom stereocenters. The van der Waals surface area contributed by atoms with Crippen LogP contribution in [0.3, 0.4) is 0 Å². The van der Waals surface area contributed by atoms with Crippen LogP contribution in [-0.4, -0.2) is 59.3 Å². The molecule has 0 aliphatic carbocycles. The number of carboxylic acid groups (broad SMARTS) is 1. The lowest BCUT2D eigenvalue weighted by molar-refractivity contribution is -0.138. The number of hydrogen-bond acceptors (Lipinski definition) is 4. The number of ether oxygens (including phenoxy) is 1. The average Bonchev–Trinajstić information content (AvgIpc) is 2.26. The van der Waals surface area contributed by atoms with Crippen molar-refractivity contribution in [1.82, 2.24) is 10.2 Å². The number of urea groups is 1. The summed E-state index contributed by atoms with van der Waals surface area (Å²) in [4.78, 5) is 35.3. The number of aliphatic carboxylic acids is 1. The largest absolute Gasteiger partial charge is 0.481 e. The Morgan fingerprint density at radius 2 is 2.11 bits per heavy atom. The van der Waals surface area contributed by atoms with Crippen molar-refractivity contribution >= 4 is 17.9 Å². The molecule has 4 N–H and O–H groups in total. The molecule has 0 spiro atoms. The summed E-state index contributed by atoms with van der Waals surface area (Å²) < 4.78 is 5.10. The Kier molecular flexibility index (Phi) is 4.71. The molecule has 0 saturated carbocycles. The number of carboxylic acids is 1. The Bertz CT molecular complexity index is 383. The van der Waals surface area contributed by atoms with E-state index in [-0.39, 0.29) is 19.6 Å². The number of rotatable bonds is 4. The number of primary amides is 1. The van der Waals surface area contributed by atoms with Crippen LogP contribution in [0.4, 0.5) is 4.79 Å². The number of nitrogens with one attached hydrogen (secondary N) is 1. The maximum absolute atomic E-state index is 12.1. The quantitative estimate of drug-likeness (QED) is 0.615. The first-order chi connectivity index (χ1) is 8.73. The van der Waals surface area contributed by atoms with E-state index in [1.54, 1.807) is 13.8 Å². The molecule has 8 heteroatoms. The third-order valence-corrected chi connectivity index (χ3v) is 2.76. The maximum atomic E-state index is 12.1. The molecule has 0 aromatic heterocycles. The Balaban J connectivity index is 2.70. The van der Waals surface area contributed by atoms with Gasteiger partial charge in [0, 0.05) is 12.1 Å². The normalized spacial score (nSPS) is 19.9. The number of morpholine rings is 1. The summed E-state index contributed by atoms with van der Waals surface area (Å²) in [6, 6.07) is -1.34. The highest BCUT2D eigenvalue weighted by Crippen LogP contribution is 2.12. The van der Waals surface area contributed by atoms with E-state index < -0.39 is 29.5 Å². The van der Waals surface area contributed by atoms with Gasteiger partial charge in [-0.05, 0) is 13.8 Å². The van der Waals surface area contributed by atoms with Crippen LogP contribution < -0.4 is 11.1 Å². The van der Waals surface area contributed by atoms with E-state index in [4.69, 9.17) is 15.6 Å². The van der Waals surface area contributed by atoms with Crippen molar-refractivity contribution in [3.63, 3.8) is 0 Å². The predicted octanol–water partition coefficient (Wildman–Crippen LogP) is -0.865. The van der Waals surface area contributed by atoms with Crippen LogP contribution in [0.1, 0.15) is 20.3 Å². The number of carbonyl (C=O) groups excluding carboxylic acids is 2. The molecule has 3 amide bonds. The molecule has 1 aliphatic rings. The summed E-state index contributed by atoms with van der Waals surface area (Å²) in [6.07, 6.45) is -0.218. The molecule has 1 saturated heterocycles. The Labute approximate surface area is 110 Å². The molecule has 0 aromatic carbocycles. The third-order valence-electron chi connectivity index (χ3n) is 2.76. The number of hydrogen-bond donors (Lipinski definition) is 3. The average molecular weight is 273 g/mol. The zero-order valence-corrected chi connectivity index (χ0v) is 11.0. The Morgan fingerprint density at radius 1 is 1.47 bits per heavy atom. The number of nitrogens with zero attached hydrogens (tertiary/aromatic N) is 1. The molecule has 1 heterocycles. The second kappa shape index (κ2) is 5.87. The van der Waals surface area contributed by atoms with Crippen molar-refractivity contribution in [2.45, 2.75) is 31.8 Å². The van der Waals surface area contributed by atoms with E-state index in [2.05, 4.69) is 5.32 Å². The smallest absolute Gasteiger partial charge is 0.318 e. The van der Waals surface area contributed by atoms with Crippen molar-refractivity contribution in [2.24, 2.45) is 5.73 Å². The predicted molar refractivity (Wildman–Crippen MR) is 65.4 cm³/mol. The number of nitrogens with two attached hydrogens (primary N) is 1. The van der Waals surface area contributed by atoms with E-state index in [1.807, 2.05) is 0 Å². The van der Waals surface area contributed by atoms with Crippen LogP contribution in [0.5, 0.6) is 0 Å². The fourth-order valence-electron chi connectivity index (χ4n) is 1.87. The van der Waals surface area contributed by atoms with Crippen LogP contribution in [0.15, 0.2) is 0 Å². The van der Waals surface area contributed by atoms with Gasteiger partial charge in [0.25, 0.3) is 0 Å². The molecule has 19 heavy (non-hydrogen) atoms. The molecule has 1 aliphatic heterocycles. The van der Waals surface area contributed by atoms with Gasteiger partial charge in [-0.1, -0.05) is 0 Å². The molecule has 1 fully saturated rings. The van der Waals surface area contributed by atoms with Gasteiger partial charge in [-0.25, -0.2) is 4.79 Å². The zero-order valence-electron chi connectivity index (χ0n) is 11.0. The molecular formula is C11H19N3O5. The van der Waals surface area contributed by atoms with Crippen LogP contribution in [0.2, 0.25) is 0 Å². The summed E-state index contributed by atoms with van der Waals surface area (Å²) in [6.45, 7) is 3.80. The highest BCUT2D eigenvalue weighted by atomic mass is 16.5. The van der Waals surface area contributed by atoms with Gasteiger partial charge < -0.3 is 25.8 Å². The van der Waals surface area contributed by atoms with Gasteiger partial charge in [-0.2, -0.15) is 0 Å². The third kappa shape index (κ3) is 4.40. The zero-order chi connectivity index (χ0) is 14.6. The highest BCUT2D eigenvalue weighted by Gasteiger charge is 2.34. The molecular weight excluding hydrogens is 254 g/mol. The van der Waals surface area contributed by atoms with Crippen LogP contribution in [0.25, 0.3) is 0 Å². The first-order valence-corrected chi connectivity index (χ1v) is 5.90. The molecule has 0 aromatic rings. The lowest BCUT2D eigenvalue weighted by atomic mass is 10.0. The van der Waals surface area contributed by atoms with Gasteiger partial charge in [0.2, 0.25) is 5.91 Å². The summed E-state index contributed by atoms with van der Waals surface area (Å²) in [5, 5.41) is 11.3.